The van der Waals surface area contributed by atoms with E-state index < -0.39 is 23.9 Å². The molecule has 1 aliphatic rings. The molecule has 1 saturated carbocycles. The number of carboxylic acid groups (broad SMARTS) is 2. The predicted octanol–water partition coefficient (Wildman–Crippen LogP) is 0.0766. The summed E-state index contributed by atoms with van der Waals surface area (Å²) >= 11 is 0. The van der Waals surface area contributed by atoms with Crippen molar-refractivity contribution in [3.63, 3.8) is 0 Å². The van der Waals surface area contributed by atoms with Gasteiger partial charge in [-0.15, -0.1) is 0 Å². The highest BCUT2D eigenvalue weighted by atomic mass is 16.4. The summed E-state index contributed by atoms with van der Waals surface area (Å²) in [5.41, 5.74) is 0. The Labute approximate surface area is 92.6 Å². The standard InChI is InChI=1S/C10H15NO5/c1-5(9(13)14)11-8(12)6-2-3-7(4-6)10(15)16/h5-7H,2-4H2,1H3,(H,11,12)(H,13,14)(H,15,16). The zero-order valence-electron chi connectivity index (χ0n) is 8.97. The summed E-state index contributed by atoms with van der Waals surface area (Å²) in [5.74, 6) is -3.19. The summed E-state index contributed by atoms with van der Waals surface area (Å²) in [6, 6.07) is -0.934. The first-order valence-corrected chi connectivity index (χ1v) is 5.17. The van der Waals surface area contributed by atoms with E-state index in [1.807, 2.05) is 0 Å². The van der Waals surface area contributed by atoms with Crippen LogP contribution in [0.15, 0.2) is 0 Å². The predicted molar refractivity (Wildman–Crippen MR) is 53.7 cm³/mol. The molecule has 0 aromatic heterocycles. The Kier molecular flexibility index (Phi) is 3.87. The Morgan fingerprint density at radius 1 is 1.19 bits per heavy atom. The fraction of sp³-hybridized carbons (Fsp3) is 0.700. The van der Waals surface area contributed by atoms with Crippen molar-refractivity contribution < 1.29 is 24.6 Å². The van der Waals surface area contributed by atoms with Crippen LogP contribution in [0.5, 0.6) is 0 Å². The number of rotatable bonds is 4. The van der Waals surface area contributed by atoms with Crippen molar-refractivity contribution in [3.05, 3.63) is 0 Å². The van der Waals surface area contributed by atoms with E-state index in [-0.39, 0.29) is 11.8 Å². The van der Waals surface area contributed by atoms with Gasteiger partial charge in [0.05, 0.1) is 5.92 Å². The number of aliphatic carboxylic acids is 2. The molecule has 0 aromatic rings. The van der Waals surface area contributed by atoms with Crippen LogP contribution in [0.1, 0.15) is 26.2 Å². The van der Waals surface area contributed by atoms with E-state index in [1.54, 1.807) is 0 Å². The molecule has 3 N–H and O–H groups in total. The molecule has 0 aromatic carbocycles. The summed E-state index contributed by atoms with van der Waals surface area (Å²) in [5, 5.41) is 19.7. The van der Waals surface area contributed by atoms with Crippen molar-refractivity contribution in [2.24, 2.45) is 11.8 Å². The van der Waals surface area contributed by atoms with Gasteiger partial charge < -0.3 is 15.5 Å². The topological polar surface area (TPSA) is 104 Å². The third kappa shape index (κ3) is 2.95. The highest BCUT2D eigenvalue weighted by Gasteiger charge is 2.34. The van der Waals surface area contributed by atoms with Gasteiger partial charge in [0.2, 0.25) is 5.91 Å². The number of amides is 1. The lowest BCUT2D eigenvalue weighted by Gasteiger charge is -2.13. The summed E-state index contributed by atoms with van der Waals surface area (Å²) in [7, 11) is 0. The summed E-state index contributed by atoms with van der Waals surface area (Å²) < 4.78 is 0. The van der Waals surface area contributed by atoms with Crippen LogP contribution < -0.4 is 5.32 Å². The minimum absolute atomic E-state index is 0.299. The Hall–Kier alpha value is -1.59. The Bertz CT molecular complexity index is 314. The van der Waals surface area contributed by atoms with Gasteiger partial charge in [0.1, 0.15) is 6.04 Å². The van der Waals surface area contributed by atoms with Crippen molar-refractivity contribution in [1.82, 2.24) is 5.32 Å². The third-order valence-corrected chi connectivity index (χ3v) is 2.88. The molecule has 0 heterocycles. The lowest BCUT2D eigenvalue weighted by atomic mass is 10.0. The number of carboxylic acids is 2. The molecule has 6 heteroatoms. The normalized spacial score (nSPS) is 26.1. The van der Waals surface area contributed by atoms with Crippen molar-refractivity contribution in [2.45, 2.75) is 32.2 Å². The van der Waals surface area contributed by atoms with E-state index in [0.29, 0.717) is 19.3 Å². The Balaban J connectivity index is 2.45. The molecule has 3 atom stereocenters. The maximum Gasteiger partial charge on any atom is 0.325 e. The van der Waals surface area contributed by atoms with E-state index in [1.165, 1.54) is 6.92 Å². The van der Waals surface area contributed by atoms with Crippen LogP contribution in [0.3, 0.4) is 0 Å². The summed E-state index contributed by atoms with van der Waals surface area (Å²) in [6.45, 7) is 1.38. The van der Waals surface area contributed by atoms with Gasteiger partial charge in [-0.3, -0.25) is 14.4 Å². The van der Waals surface area contributed by atoms with Gasteiger partial charge in [-0.2, -0.15) is 0 Å². The van der Waals surface area contributed by atoms with Gasteiger partial charge in [-0.1, -0.05) is 0 Å². The van der Waals surface area contributed by atoms with Gasteiger partial charge in [-0.25, -0.2) is 0 Å². The molecule has 90 valence electrons. The van der Waals surface area contributed by atoms with Crippen LogP contribution in [0.2, 0.25) is 0 Å². The molecule has 1 amide bonds. The molecular weight excluding hydrogens is 214 g/mol. The lowest BCUT2D eigenvalue weighted by molar-refractivity contribution is -0.143. The van der Waals surface area contributed by atoms with E-state index >= 15 is 0 Å². The molecule has 1 aliphatic carbocycles. The number of nitrogens with one attached hydrogen (secondary N) is 1. The maximum absolute atomic E-state index is 11.6. The highest BCUT2D eigenvalue weighted by molar-refractivity contribution is 5.85. The summed E-state index contributed by atoms with van der Waals surface area (Å²) in [6.07, 6.45) is 1.29. The minimum atomic E-state index is -1.10. The third-order valence-electron chi connectivity index (χ3n) is 2.88. The molecule has 1 rings (SSSR count). The molecule has 0 radical (unpaired) electrons. The lowest BCUT2D eigenvalue weighted by Crippen LogP contribution is -2.41. The first-order chi connectivity index (χ1) is 7.41. The number of hydrogen-bond donors (Lipinski definition) is 3. The largest absolute Gasteiger partial charge is 0.481 e. The zero-order chi connectivity index (χ0) is 12.3. The molecule has 16 heavy (non-hydrogen) atoms. The van der Waals surface area contributed by atoms with Crippen LogP contribution in [-0.2, 0) is 14.4 Å². The van der Waals surface area contributed by atoms with Crippen LogP contribution in [0.4, 0.5) is 0 Å². The second-order valence-electron chi connectivity index (χ2n) is 4.11. The van der Waals surface area contributed by atoms with E-state index in [2.05, 4.69) is 5.32 Å². The fourth-order valence-electron chi connectivity index (χ4n) is 1.84. The highest BCUT2D eigenvalue weighted by Crippen LogP contribution is 2.31. The van der Waals surface area contributed by atoms with Crippen molar-refractivity contribution in [2.75, 3.05) is 0 Å². The molecule has 3 unspecified atom stereocenters. The van der Waals surface area contributed by atoms with Gasteiger partial charge in [0, 0.05) is 5.92 Å². The fourth-order valence-corrected chi connectivity index (χ4v) is 1.84. The first-order valence-electron chi connectivity index (χ1n) is 5.17. The maximum atomic E-state index is 11.6. The quantitative estimate of drug-likeness (QED) is 0.633. The van der Waals surface area contributed by atoms with Crippen molar-refractivity contribution >= 4 is 17.8 Å². The number of carbonyl (C=O) groups excluding carboxylic acids is 1. The molecule has 0 bridgehead atoms. The van der Waals surface area contributed by atoms with Crippen LogP contribution in [-0.4, -0.2) is 34.1 Å². The Morgan fingerprint density at radius 3 is 2.19 bits per heavy atom. The van der Waals surface area contributed by atoms with E-state index in [9.17, 15) is 14.4 Å². The molecular formula is C10H15NO5. The van der Waals surface area contributed by atoms with Gasteiger partial charge in [-0.05, 0) is 26.2 Å². The zero-order valence-corrected chi connectivity index (χ0v) is 8.97. The van der Waals surface area contributed by atoms with Gasteiger partial charge >= 0.3 is 11.9 Å². The molecule has 0 spiro atoms. The molecule has 6 nitrogen and oxygen atoms in total. The molecule has 1 fully saturated rings. The number of carbonyl (C=O) groups is 3. The summed E-state index contributed by atoms with van der Waals surface area (Å²) in [4.78, 5) is 32.7. The van der Waals surface area contributed by atoms with Gasteiger partial charge in [0.25, 0.3) is 0 Å². The van der Waals surface area contributed by atoms with Crippen LogP contribution in [0, 0.1) is 11.8 Å². The smallest absolute Gasteiger partial charge is 0.325 e. The average Bonchev–Trinajstić information content (AvgIpc) is 2.65. The number of hydrogen-bond acceptors (Lipinski definition) is 3. The van der Waals surface area contributed by atoms with Crippen molar-refractivity contribution in [3.8, 4) is 0 Å². The van der Waals surface area contributed by atoms with Gasteiger partial charge in [0.15, 0.2) is 0 Å². The van der Waals surface area contributed by atoms with Crippen molar-refractivity contribution in [1.29, 1.82) is 0 Å². The SMILES string of the molecule is CC(NC(=O)C1CCC(C(=O)O)C1)C(=O)O. The first kappa shape index (κ1) is 12.5. The monoisotopic (exact) mass is 229 g/mol. The molecule has 0 aliphatic heterocycles. The average molecular weight is 229 g/mol. The molecule has 0 saturated heterocycles. The van der Waals surface area contributed by atoms with Crippen LogP contribution in [0.25, 0.3) is 0 Å². The van der Waals surface area contributed by atoms with Crippen LogP contribution >= 0.6 is 0 Å². The second-order valence-corrected chi connectivity index (χ2v) is 4.11. The van der Waals surface area contributed by atoms with E-state index in [4.69, 9.17) is 10.2 Å². The van der Waals surface area contributed by atoms with E-state index in [0.717, 1.165) is 0 Å². The minimum Gasteiger partial charge on any atom is -0.481 e. The second kappa shape index (κ2) is 4.96. The Morgan fingerprint density at radius 2 is 1.75 bits per heavy atom.